The molecule has 0 saturated heterocycles. The average Bonchev–Trinajstić information content (AvgIpc) is 2.64. The topological polar surface area (TPSA) is 38.0 Å². The molecule has 0 bridgehead atoms. The molecule has 1 N–H and O–H groups in total. The lowest BCUT2D eigenvalue weighted by atomic mass is 10.1. The number of hydrogen-bond donors (Lipinski definition) is 1. The number of nitrogens with zero attached hydrogens (tertiary/aromatic N) is 2. The second-order valence-corrected chi connectivity index (χ2v) is 4.14. The molecule has 0 aliphatic rings. The summed E-state index contributed by atoms with van der Waals surface area (Å²) in [6.45, 7) is 3.63. The summed E-state index contributed by atoms with van der Waals surface area (Å²) in [6.07, 6.45) is 3.09. The Bertz CT molecular complexity index is 505. The minimum atomic E-state index is -0.504. The third-order valence-corrected chi connectivity index (χ3v) is 2.84. The molecule has 0 radical (unpaired) electrons. The van der Waals surface area contributed by atoms with Crippen LogP contribution in [0.4, 0.5) is 0 Å². The molecule has 0 aliphatic heterocycles. The zero-order chi connectivity index (χ0) is 11.7. The van der Waals surface area contributed by atoms with Crippen molar-refractivity contribution in [2.45, 2.75) is 20.0 Å². The monoisotopic (exact) mass is 236 g/mol. The summed E-state index contributed by atoms with van der Waals surface area (Å²) >= 11 is 6.18. The summed E-state index contributed by atoms with van der Waals surface area (Å²) in [6, 6.07) is 5.53. The van der Waals surface area contributed by atoms with E-state index in [1.807, 2.05) is 29.8 Å². The number of halogens is 1. The SMILES string of the molecule is Cc1nccn1-c1ccc(C(C)O)cc1Cl. The Morgan fingerprint density at radius 3 is 2.69 bits per heavy atom. The molecule has 0 spiro atoms. The van der Waals surface area contributed by atoms with Gasteiger partial charge in [0.1, 0.15) is 5.82 Å². The van der Waals surface area contributed by atoms with Crippen molar-refractivity contribution in [3.8, 4) is 5.69 Å². The molecule has 0 aliphatic carbocycles. The van der Waals surface area contributed by atoms with E-state index in [1.165, 1.54) is 0 Å². The van der Waals surface area contributed by atoms with Crippen LogP contribution in [-0.2, 0) is 0 Å². The Hall–Kier alpha value is -1.32. The van der Waals surface area contributed by atoms with Gasteiger partial charge in [-0.1, -0.05) is 17.7 Å². The fourth-order valence-electron chi connectivity index (χ4n) is 1.61. The second kappa shape index (κ2) is 4.28. The molecule has 2 rings (SSSR count). The molecule has 1 aromatic heterocycles. The molecule has 16 heavy (non-hydrogen) atoms. The van der Waals surface area contributed by atoms with E-state index in [9.17, 15) is 5.11 Å². The fraction of sp³-hybridized carbons (Fsp3) is 0.250. The van der Waals surface area contributed by atoms with Gasteiger partial charge < -0.3 is 9.67 Å². The molecule has 2 aromatic rings. The van der Waals surface area contributed by atoms with Crippen LogP contribution in [0, 0.1) is 6.92 Å². The standard InChI is InChI=1S/C12H13ClN2O/c1-8(16)10-3-4-12(11(13)7-10)15-6-5-14-9(15)2/h3-8,16H,1-2H3. The first kappa shape index (κ1) is 11.2. The maximum Gasteiger partial charge on any atom is 0.110 e. The first-order chi connectivity index (χ1) is 7.59. The van der Waals surface area contributed by atoms with Crippen molar-refractivity contribution < 1.29 is 5.11 Å². The minimum absolute atomic E-state index is 0.504. The van der Waals surface area contributed by atoms with Crippen molar-refractivity contribution in [3.63, 3.8) is 0 Å². The van der Waals surface area contributed by atoms with E-state index >= 15 is 0 Å². The van der Waals surface area contributed by atoms with E-state index in [2.05, 4.69) is 4.98 Å². The third-order valence-electron chi connectivity index (χ3n) is 2.54. The van der Waals surface area contributed by atoms with Crippen LogP contribution < -0.4 is 0 Å². The Labute approximate surface area is 99.3 Å². The first-order valence-electron chi connectivity index (χ1n) is 5.07. The van der Waals surface area contributed by atoms with Gasteiger partial charge in [0.25, 0.3) is 0 Å². The van der Waals surface area contributed by atoms with Gasteiger partial charge in [0, 0.05) is 12.4 Å². The first-order valence-corrected chi connectivity index (χ1v) is 5.45. The Balaban J connectivity index is 2.48. The predicted octanol–water partition coefficient (Wildman–Crippen LogP) is 2.89. The third kappa shape index (κ3) is 1.96. The lowest BCUT2D eigenvalue weighted by molar-refractivity contribution is 0.199. The van der Waals surface area contributed by atoms with E-state index in [0.29, 0.717) is 5.02 Å². The predicted molar refractivity (Wildman–Crippen MR) is 63.9 cm³/mol. The number of aromatic nitrogens is 2. The number of hydrogen-bond acceptors (Lipinski definition) is 2. The molecular weight excluding hydrogens is 224 g/mol. The van der Waals surface area contributed by atoms with E-state index in [1.54, 1.807) is 19.2 Å². The summed E-state index contributed by atoms with van der Waals surface area (Å²) in [5, 5.41) is 10.1. The Morgan fingerprint density at radius 2 is 2.19 bits per heavy atom. The van der Waals surface area contributed by atoms with Gasteiger partial charge in [0.2, 0.25) is 0 Å². The van der Waals surface area contributed by atoms with Crippen molar-refractivity contribution in [3.05, 3.63) is 47.0 Å². The number of aryl methyl sites for hydroxylation is 1. The summed E-state index contributed by atoms with van der Waals surface area (Å²) in [4.78, 5) is 4.15. The van der Waals surface area contributed by atoms with E-state index in [4.69, 9.17) is 11.6 Å². The molecule has 1 unspecified atom stereocenters. The van der Waals surface area contributed by atoms with Crippen LogP contribution in [0.1, 0.15) is 24.4 Å². The highest BCUT2D eigenvalue weighted by Crippen LogP contribution is 2.25. The molecule has 3 nitrogen and oxygen atoms in total. The van der Waals surface area contributed by atoms with Crippen LogP contribution in [0.25, 0.3) is 5.69 Å². The molecule has 0 amide bonds. The summed E-state index contributed by atoms with van der Waals surface area (Å²) in [7, 11) is 0. The highest BCUT2D eigenvalue weighted by Gasteiger charge is 2.08. The van der Waals surface area contributed by atoms with Gasteiger partial charge in [-0.3, -0.25) is 0 Å². The maximum absolute atomic E-state index is 9.45. The van der Waals surface area contributed by atoms with Crippen LogP contribution in [0.3, 0.4) is 0 Å². The summed E-state index contributed by atoms with van der Waals surface area (Å²) in [5.74, 6) is 0.881. The molecule has 0 fully saturated rings. The largest absolute Gasteiger partial charge is 0.389 e. The Kier molecular flexibility index (Phi) is 2.99. The van der Waals surface area contributed by atoms with Gasteiger partial charge in [-0.05, 0) is 31.5 Å². The number of rotatable bonds is 2. The van der Waals surface area contributed by atoms with Crippen LogP contribution in [-0.4, -0.2) is 14.7 Å². The molecular formula is C12H13ClN2O. The van der Waals surface area contributed by atoms with Crippen molar-refractivity contribution >= 4 is 11.6 Å². The molecule has 1 atom stereocenters. The molecule has 84 valence electrons. The molecule has 4 heteroatoms. The van der Waals surface area contributed by atoms with E-state index in [0.717, 1.165) is 17.1 Å². The van der Waals surface area contributed by atoms with Crippen LogP contribution >= 0.6 is 11.6 Å². The molecule has 1 aromatic carbocycles. The van der Waals surface area contributed by atoms with Crippen molar-refractivity contribution in [1.82, 2.24) is 9.55 Å². The molecule has 1 heterocycles. The highest BCUT2D eigenvalue weighted by molar-refractivity contribution is 6.32. The van der Waals surface area contributed by atoms with Gasteiger partial charge in [-0.15, -0.1) is 0 Å². The fourth-order valence-corrected chi connectivity index (χ4v) is 1.89. The highest BCUT2D eigenvalue weighted by atomic mass is 35.5. The lowest BCUT2D eigenvalue weighted by Crippen LogP contribution is -1.98. The van der Waals surface area contributed by atoms with Crippen LogP contribution in [0.15, 0.2) is 30.6 Å². The maximum atomic E-state index is 9.45. The zero-order valence-corrected chi connectivity index (χ0v) is 9.94. The van der Waals surface area contributed by atoms with Gasteiger partial charge in [-0.25, -0.2) is 4.98 Å². The van der Waals surface area contributed by atoms with Gasteiger partial charge >= 0.3 is 0 Å². The van der Waals surface area contributed by atoms with Crippen LogP contribution in [0.5, 0.6) is 0 Å². The van der Waals surface area contributed by atoms with Gasteiger partial charge in [0.05, 0.1) is 16.8 Å². The van der Waals surface area contributed by atoms with Crippen LogP contribution in [0.2, 0.25) is 5.02 Å². The number of aliphatic hydroxyl groups excluding tert-OH is 1. The number of aliphatic hydroxyl groups is 1. The minimum Gasteiger partial charge on any atom is -0.389 e. The molecule has 0 saturated carbocycles. The Morgan fingerprint density at radius 1 is 1.44 bits per heavy atom. The van der Waals surface area contributed by atoms with Gasteiger partial charge in [0.15, 0.2) is 0 Å². The quantitative estimate of drug-likeness (QED) is 0.871. The average molecular weight is 237 g/mol. The van der Waals surface area contributed by atoms with Crippen molar-refractivity contribution in [2.24, 2.45) is 0 Å². The van der Waals surface area contributed by atoms with E-state index in [-0.39, 0.29) is 0 Å². The smallest absolute Gasteiger partial charge is 0.110 e. The van der Waals surface area contributed by atoms with E-state index < -0.39 is 6.10 Å². The summed E-state index contributed by atoms with van der Waals surface area (Å²) < 4.78 is 1.91. The van der Waals surface area contributed by atoms with Gasteiger partial charge in [-0.2, -0.15) is 0 Å². The number of benzene rings is 1. The normalized spacial score (nSPS) is 12.8. The number of imidazole rings is 1. The van der Waals surface area contributed by atoms with Crippen molar-refractivity contribution in [1.29, 1.82) is 0 Å². The second-order valence-electron chi connectivity index (χ2n) is 3.73. The van der Waals surface area contributed by atoms with Crippen molar-refractivity contribution in [2.75, 3.05) is 0 Å². The summed E-state index contributed by atoms with van der Waals surface area (Å²) in [5.41, 5.74) is 1.69. The lowest BCUT2D eigenvalue weighted by Gasteiger charge is -2.10. The zero-order valence-electron chi connectivity index (χ0n) is 9.18.